The monoisotopic (exact) mass is 500 g/mol. The van der Waals surface area contributed by atoms with Crippen molar-refractivity contribution in [1.29, 1.82) is 0 Å². The van der Waals surface area contributed by atoms with Crippen LogP contribution in [0.1, 0.15) is 47.1 Å². The number of nitrogens with zero attached hydrogens (tertiary/aromatic N) is 3. The second-order valence-corrected chi connectivity index (χ2v) is 8.94. The molecule has 0 aliphatic carbocycles. The molecule has 3 rings (SSSR count). The number of carbonyl (C=O) groups excluding carboxylic acids is 3. The van der Waals surface area contributed by atoms with E-state index in [9.17, 15) is 19.2 Å². The number of aliphatic imine (C=N–C) groups is 1. The number of anilines is 1. The Bertz CT molecular complexity index is 1100. The van der Waals surface area contributed by atoms with Crippen LogP contribution in [0, 0.1) is 0 Å². The standard InChI is InChI=1S/C23H28N6O5S/c1-15(30)27-22-28-18(10-7-16-5-8-17(9-6-16)25-14-26-23(33)34)20(35-22)21(32)24-11-3-13-29-12-2-4-19(29)31/h5-6,8-9,14H,2-4,7,10-13H2,1H3,(H,24,32)(H,25,26)(H,33,34)(H,27,28,30). The number of hydrogen-bond donors (Lipinski definition) is 4. The summed E-state index contributed by atoms with van der Waals surface area (Å²) in [6, 6.07) is 7.26. The van der Waals surface area contributed by atoms with Gasteiger partial charge >= 0.3 is 6.09 Å². The molecule has 11 nitrogen and oxygen atoms in total. The number of amides is 4. The van der Waals surface area contributed by atoms with Gasteiger partial charge in [-0.2, -0.15) is 0 Å². The fraction of sp³-hybridized carbons (Fsp3) is 0.391. The number of thiazole rings is 1. The smallest absolute Gasteiger partial charge is 0.409 e. The lowest BCUT2D eigenvalue weighted by molar-refractivity contribution is -0.127. The van der Waals surface area contributed by atoms with E-state index in [-0.39, 0.29) is 17.7 Å². The predicted octanol–water partition coefficient (Wildman–Crippen LogP) is 2.56. The molecule has 35 heavy (non-hydrogen) atoms. The zero-order valence-electron chi connectivity index (χ0n) is 19.4. The topological polar surface area (TPSA) is 153 Å². The van der Waals surface area contributed by atoms with Crippen LogP contribution in [-0.4, -0.2) is 64.8 Å². The van der Waals surface area contributed by atoms with Crippen LogP contribution in [0.3, 0.4) is 0 Å². The maximum absolute atomic E-state index is 12.8. The Balaban J connectivity index is 1.58. The average molecular weight is 501 g/mol. The van der Waals surface area contributed by atoms with E-state index in [4.69, 9.17) is 5.11 Å². The zero-order chi connectivity index (χ0) is 25.2. The SMILES string of the molecule is CC(=O)Nc1nc(CCc2ccc(N=CNC(=O)O)cc2)c(C(=O)NCCCN2CCCC2=O)s1. The molecule has 0 radical (unpaired) electrons. The molecule has 186 valence electrons. The molecule has 12 heteroatoms. The van der Waals surface area contributed by atoms with Crippen molar-refractivity contribution in [2.24, 2.45) is 4.99 Å². The molecule has 0 spiro atoms. The van der Waals surface area contributed by atoms with E-state index in [0.29, 0.717) is 60.2 Å². The summed E-state index contributed by atoms with van der Waals surface area (Å²) in [5.74, 6) is -0.351. The summed E-state index contributed by atoms with van der Waals surface area (Å²) in [6.45, 7) is 3.22. The lowest BCUT2D eigenvalue weighted by Crippen LogP contribution is -2.30. The Labute approximate surface area is 206 Å². The van der Waals surface area contributed by atoms with E-state index in [2.05, 4.69) is 25.9 Å². The molecular weight excluding hydrogens is 472 g/mol. The molecule has 1 saturated heterocycles. The summed E-state index contributed by atoms with van der Waals surface area (Å²) in [5, 5.41) is 16.5. The largest absolute Gasteiger partial charge is 0.465 e. The van der Waals surface area contributed by atoms with Crippen molar-refractivity contribution in [3.8, 4) is 0 Å². The van der Waals surface area contributed by atoms with Gasteiger partial charge in [-0.25, -0.2) is 14.8 Å². The number of rotatable bonds is 11. The third-order valence-corrected chi connectivity index (χ3v) is 6.25. The summed E-state index contributed by atoms with van der Waals surface area (Å²) in [4.78, 5) is 57.2. The average Bonchev–Trinajstić information content (AvgIpc) is 3.41. The van der Waals surface area contributed by atoms with Crippen molar-refractivity contribution >= 4 is 52.3 Å². The first-order valence-corrected chi connectivity index (χ1v) is 12.1. The summed E-state index contributed by atoms with van der Waals surface area (Å²) < 4.78 is 0. The van der Waals surface area contributed by atoms with Crippen LogP contribution >= 0.6 is 11.3 Å². The van der Waals surface area contributed by atoms with Crippen LogP contribution in [0.25, 0.3) is 0 Å². The number of aryl methyl sites for hydroxylation is 2. The number of carbonyl (C=O) groups is 4. The summed E-state index contributed by atoms with van der Waals surface area (Å²) in [7, 11) is 0. The molecule has 1 aliphatic rings. The first-order valence-electron chi connectivity index (χ1n) is 11.3. The van der Waals surface area contributed by atoms with Crippen molar-refractivity contribution in [1.82, 2.24) is 20.5 Å². The van der Waals surface area contributed by atoms with Gasteiger partial charge in [-0.05, 0) is 43.4 Å². The lowest BCUT2D eigenvalue weighted by atomic mass is 10.1. The quantitative estimate of drug-likeness (QED) is 0.211. The normalized spacial score (nSPS) is 13.3. The highest BCUT2D eigenvalue weighted by atomic mass is 32.1. The Kier molecular flexibility index (Phi) is 9.30. The Morgan fingerprint density at radius 2 is 2.00 bits per heavy atom. The summed E-state index contributed by atoms with van der Waals surface area (Å²) in [5.41, 5.74) is 2.18. The minimum atomic E-state index is -1.19. The molecular formula is C23H28N6O5S. The van der Waals surface area contributed by atoms with Gasteiger partial charge in [0.15, 0.2) is 5.13 Å². The highest BCUT2D eigenvalue weighted by molar-refractivity contribution is 7.17. The molecule has 0 saturated carbocycles. The van der Waals surface area contributed by atoms with Crippen LogP contribution in [-0.2, 0) is 22.4 Å². The van der Waals surface area contributed by atoms with Gasteiger partial charge in [0.2, 0.25) is 11.8 Å². The first-order chi connectivity index (χ1) is 16.8. The van der Waals surface area contributed by atoms with E-state index >= 15 is 0 Å². The van der Waals surface area contributed by atoms with E-state index in [1.807, 2.05) is 17.0 Å². The minimum absolute atomic E-state index is 0.165. The highest BCUT2D eigenvalue weighted by Crippen LogP contribution is 2.25. The van der Waals surface area contributed by atoms with Crippen LogP contribution in [0.2, 0.25) is 0 Å². The molecule has 1 aromatic heterocycles. The van der Waals surface area contributed by atoms with Crippen molar-refractivity contribution in [2.75, 3.05) is 25.0 Å². The maximum atomic E-state index is 12.8. The Morgan fingerprint density at radius 3 is 2.66 bits per heavy atom. The van der Waals surface area contributed by atoms with Crippen LogP contribution in [0.15, 0.2) is 29.3 Å². The molecule has 2 aromatic rings. The first kappa shape index (κ1) is 25.8. The molecule has 4 N–H and O–H groups in total. The number of nitrogens with one attached hydrogen (secondary N) is 3. The maximum Gasteiger partial charge on any atom is 0.409 e. The van der Waals surface area contributed by atoms with Gasteiger partial charge < -0.3 is 20.6 Å². The van der Waals surface area contributed by atoms with Crippen LogP contribution in [0.4, 0.5) is 15.6 Å². The molecule has 0 bridgehead atoms. The second kappa shape index (κ2) is 12.6. The number of carboxylic acid groups (broad SMARTS) is 1. The molecule has 0 atom stereocenters. The fourth-order valence-electron chi connectivity index (χ4n) is 3.57. The van der Waals surface area contributed by atoms with Gasteiger partial charge in [-0.15, -0.1) is 0 Å². The molecule has 1 aromatic carbocycles. The van der Waals surface area contributed by atoms with Crippen molar-refractivity contribution < 1.29 is 24.3 Å². The van der Waals surface area contributed by atoms with E-state index < -0.39 is 6.09 Å². The summed E-state index contributed by atoms with van der Waals surface area (Å²) in [6.07, 6.45) is 3.17. The van der Waals surface area contributed by atoms with Gasteiger partial charge in [0.25, 0.3) is 5.91 Å². The third kappa shape index (κ3) is 8.18. The van der Waals surface area contributed by atoms with Gasteiger partial charge in [0, 0.05) is 33.0 Å². The van der Waals surface area contributed by atoms with E-state index in [1.165, 1.54) is 6.92 Å². The van der Waals surface area contributed by atoms with Gasteiger partial charge in [0.1, 0.15) is 4.88 Å². The third-order valence-electron chi connectivity index (χ3n) is 5.24. The van der Waals surface area contributed by atoms with Gasteiger partial charge in [0.05, 0.1) is 17.7 Å². The summed E-state index contributed by atoms with van der Waals surface area (Å²) >= 11 is 1.14. The number of benzene rings is 1. The van der Waals surface area contributed by atoms with Crippen LogP contribution < -0.4 is 16.0 Å². The molecule has 2 heterocycles. The molecule has 1 aliphatic heterocycles. The van der Waals surface area contributed by atoms with Gasteiger partial charge in [-0.3, -0.25) is 19.7 Å². The van der Waals surface area contributed by atoms with Crippen LogP contribution in [0.5, 0.6) is 0 Å². The Morgan fingerprint density at radius 1 is 1.23 bits per heavy atom. The molecule has 0 unspecified atom stereocenters. The van der Waals surface area contributed by atoms with Gasteiger partial charge in [-0.1, -0.05) is 23.5 Å². The van der Waals surface area contributed by atoms with Crippen molar-refractivity contribution in [3.63, 3.8) is 0 Å². The molecule has 4 amide bonds. The number of hydrogen-bond acceptors (Lipinski definition) is 7. The number of aromatic nitrogens is 1. The second-order valence-electron chi connectivity index (χ2n) is 7.94. The Hall–Kier alpha value is -3.80. The lowest BCUT2D eigenvalue weighted by Gasteiger charge is -2.15. The van der Waals surface area contributed by atoms with E-state index in [1.54, 1.807) is 12.1 Å². The zero-order valence-corrected chi connectivity index (χ0v) is 20.2. The highest BCUT2D eigenvalue weighted by Gasteiger charge is 2.21. The van der Waals surface area contributed by atoms with Crippen molar-refractivity contribution in [2.45, 2.75) is 39.0 Å². The molecule has 1 fully saturated rings. The number of likely N-dealkylation sites (tertiary alicyclic amines) is 1. The van der Waals surface area contributed by atoms with E-state index in [0.717, 1.165) is 36.2 Å². The fourth-order valence-corrected chi connectivity index (χ4v) is 4.54. The predicted molar refractivity (Wildman–Crippen MR) is 132 cm³/mol. The van der Waals surface area contributed by atoms with Crippen molar-refractivity contribution in [3.05, 3.63) is 40.4 Å². The minimum Gasteiger partial charge on any atom is -0.465 e.